The summed E-state index contributed by atoms with van der Waals surface area (Å²) in [6.45, 7) is 6.31. The largest absolute Gasteiger partial charge is 0.369 e. The molecule has 0 aromatic carbocycles. The molecular weight excluding hydrogens is 256 g/mol. The minimum absolute atomic E-state index is 0.0608. The van der Waals surface area contributed by atoms with Crippen molar-refractivity contribution in [2.75, 3.05) is 6.54 Å². The van der Waals surface area contributed by atoms with Crippen LogP contribution in [0.2, 0.25) is 0 Å². The van der Waals surface area contributed by atoms with Gasteiger partial charge in [-0.1, -0.05) is 0 Å². The summed E-state index contributed by atoms with van der Waals surface area (Å²) >= 11 is 0. The molecule has 1 heterocycles. The molecule has 0 aliphatic rings. The Morgan fingerprint density at radius 2 is 2.00 bits per heavy atom. The molecule has 1 aromatic heterocycles. The normalized spacial score (nSPS) is 12.7. The molecule has 0 aliphatic carbocycles. The molecule has 0 saturated carbocycles. The van der Waals surface area contributed by atoms with Crippen LogP contribution in [-0.4, -0.2) is 31.1 Å². The van der Waals surface area contributed by atoms with Crippen molar-refractivity contribution in [2.45, 2.75) is 32.6 Å². The highest BCUT2D eigenvalue weighted by Crippen LogP contribution is 2.18. The maximum Gasteiger partial charge on any atom is 0.244 e. The number of primary amides is 1. The molecule has 1 rings (SSSR count). The predicted molar refractivity (Wildman–Crippen MR) is 66.2 cm³/mol. The number of nitrogens with one attached hydrogen (secondary N) is 2. The number of nitrogens with two attached hydrogens (primary N) is 1. The first-order valence-corrected chi connectivity index (χ1v) is 6.87. The van der Waals surface area contributed by atoms with Crippen LogP contribution >= 0.6 is 0 Å². The highest BCUT2D eigenvalue weighted by atomic mass is 32.2. The van der Waals surface area contributed by atoms with Crippen molar-refractivity contribution < 1.29 is 13.2 Å². The molecular formula is C10H18N4O3S. The molecule has 0 bridgehead atoms. The number of aryl methyl sites for hydroxylation is 2. The second-order valence-corrected chi connectivity index (χ2v) is 6.54. The first-order valence-electron chi connectivity index (χ1n) is 5.39. The molecule has 4 N–H and O–H groups in total. The Morgan fingerprint density at radius 3 is 2.39 bits per heavy atom. The summed E-state index contributed by atoms with van der Waals surface area (Å²) in [5.41, 5.74) is 5.08. The molecule has 0 atom stereocenters. The SMILES string of the molecule is Cc1n[nH]c(C)c1S(=O)(=O)NCC(C)(C)C(N)=O. The molecule has 1 aromatic rings. The van der Waals surface area contributed by atoms with Gasteiger partial charge in [0, 0.05) is 6.54 Å². The Bertz CT molecular complexity index is 540. The monoisotopic (exact) mass is 274 g/mol. The molecule has 0 spiro atoms. The van der Waals surface area contributed by atoms with E-state index >= 15 is 0 Å². The summed E-state index contributed by atoms with van der Waals surface area (Å²) in [5.74, 6) is -0.564. The fraction of sp³-hybridized carbons (Fsp3) is 0.600. The number of H-pyrrole nitrogens is 1. The van der Waals surface area contributed by atoms with Gasteiger partial charge in [-0.2, -0.15) is 5.10 Å². The summed E-state index contributed by atoms with van der Waals surface area (Å²) in [5, 5.41) is 6.43. The van der Waals surface area contributed by atoms with Gasteiger partial charge in [0.15, 0.2) is 0 Å². The third kappa shape index (κ3) is 2.88. The van der Waals surface area contributed by atoms with Gasteiger partial charge in [0.25, 0.3) is 0 Å². The van der Waals surface area contributed by atoms with Gasteiger partial charge >= 0.3 is 0 Å². The summed E-state index contributed by atoms with van der Waals surface area (Å²) in [7, 11) is -3.70. The van der Waals surface area contributed by atoms with Crippen molar-refractivity contribution in [3.63, 3.8) is 0 Å². The Morgan fingerprint density at radius 1 is 1.44 bits per heavy atom. The Kier molecular flexibility index (Phi) is 3.82. The van der Waals surface area contributed by atoms with Gasteiger partial charge < -0.3 is 5.73 Å². The number of aromatic amines is 1. The van der Waals surface area contributed by atoms with Crippen molar-refractivity contribution >= 4 is 15.9 Å². The average molecular weight is 274 g/mol. The zero-order valence-electron chi connectivity index (χ0n) is 10.9. The lowest BCUT2D eigenvalue weighted by Crippen LogP contribution is -2.42. The molecule has 0 radical (unpaired) electrons. The number of aromatic nitrogens is 2. The number of carbonyl (C=O) groups is 1. The van der Waals surface area contributed by atoms with E-state index in [1.807, 2.05) is 0 Å². The number of rotatable bonds is 5. The fourth-order valence-corrected chi connectivity index (χ4v) is 2.95. The molecule has 0 saturated heterocycles. The van der Waals surface area contributed by atoms with E-state index < -0.39 is 21.3 Å². The lowest BCUT2D eigenvalue weighted by Gasteiger charge is -2.20. The molecule has 0 fully saturated rings. The van der Waals surface area contributed by atoms with Gasteiger partial charge in [0.1, 0.15) is 4.90 Å². The van der Waals surface area contributed by atoms with Gasteiger partial charge in [0.05, 0.1) is 16.8 Å². The van der Waals surface area contributed by atoms with Crippen LogP contribution < -0.4 is 10.5 Å². The van der Waals surface area contributed by atoms with E-state index in [1.165, 1.54) is 0 Å². The third-order valence-corrected chi connectivity index (χ3v) is 4.36. The molecule has 0 unspecified atom stereocenters. The molecule has 1 amide bonds. The topological polar surface area (TPSA) is 118 Å². The van der Waals surface area contributed by atoms with Crippen LogP contribution in [0.3, 0.4) is 0 Å². The molecule has 0 aliphatic heterocycles. The molecule has 7 nitrogen and oxygen atoms in total. The highest BCUT2D eigenvalue weighted by molar-refractivity contribution is 7.89. The summed E-state index contributed by atoms with van der Waals surface area (Å²) < 4.78 is 26.5. The van der Waals surface area contributed by atoms with E-state index in [1.54, 1.807) is 27.7 Å². The van der Waals surface area contributed by atoms with Gasteiger partial charge in [-0.15, -0.1) is 0 Å². The third-order valence-electron chi connectivity index (χ3n) is 2.70. The zero-order valence-corrected chi connectivity index (χ0v) is 11.7. The fourth-order valence-electron chi connectivity index (χ4n) is 1.37. The second kappa shape index (κ2) is 4.69. The predicted octanol–water partition coefficient (Wildman–Crippen LogP) is -0.184. The molecule has 18 heavy (non-hydrogen) atoms. The number of hydrogen-bond donors (Lipinski definition) is 3. The number of carbonyl (C=O) groups excluding carboxylic acids is 1. The van der Waals surface area contributed by atoms with Crippen LogP contribution in [0.15, 0.2) is 4.90 Å². The van der Waals surface area contributed by atoms with Gasteiger partial charge in [0.2, 0.25) is 15.9 Å². The van der Waals surface area contributed by atoms with Crippen molar-refractivity contribution in [1.29, 1.82) is 0 Å². The molecule has 8 heteroatoms. The molecule has 102 valence electrons. The Labute approximate surface area is 106 Å². The van der Waals surface area contributed by atoms with Crippen molar-refractivity contribution in [3.05, 3.63) is 11.4 Å². The number of sulfonamides is 1. The number of hydrogen-bond acceptors (Lipinski definition) is 4. The van der Waals surface area contributed by atoms with E-state index in [-0.39, 0.29) is 11.4 Å². The Hall–Kier alpha value is -1.41. The lowest BCUT2D eigenvalue weighted by atomic mass is 9.93. The van der Waals surface area contributed by atoms with Crippen LogP contribution in [0.4, 0.5) is 0 Å². The summed E-state index contributed by atoms with van der Waals surface area (Å²) in [4.78, 5) is 11.2. The van der Waals surface area contributed by atoms with Gasteiger partial charge in [-0.25, -0.2) is 13.1 Å². The first-order chi connectivity index (χ1) is 8.08. The highest BCUT2D eigenvalue weighted by Gasteiger charge is 2.29. The van der Waals surface area contributed by atoms with Crippen LogP contribution in [0, 0.1) is 19.3 Å². The first kappa shape index (κ1) is 14.7. The van der Waals surface area contributed by atoms with Gasteiger partial charge in [-0.3, -0.25) is 9.89 Å². The minimum Gasteiger partial charge on any atom is -0.369 e. The maximum atomic E-state index is 12.1. The van der Waals surface area contributed by atoms with E-state index in [0.717, 1.165) is 0 Å². The van der Waals surface area contributed by atoms with E-state index in [4.69, 9.17) is 5.73 Å². The average Bonchev–Trinajstić information content (AvgIpc) is 2.56. The Balaban J connectivity index is 2.95. The van der Waals surface area contributed by atoms with E-state index in [9.17, 15) is 13.2 Å². The van der Waals surface area contributed by atoms with E-state index in [2.05, 4.69) is 14.9 Å². The summed E-state index contributed by atoms with van der Waals surface area (Å²) in [6.07, 6.45) is 0. The zero-order chi connectivity index (χ0) is 14.1. The van der Waals surface area contributed by atoms with E-state index in [0.29, 0.717) is 11.4 Å². The van der Waals surface area contributed by atoms with Crippen molar-refractivity contribution in [1.82, 2.24) is 14.9 Å². The van der Waals surface area contributed by atoms with Crippen LogP contribution in [0.5, 0.6) is 0 Å². The van der Waals surface area contributed by atoms with Gasteiger partial charge in [-0.05, 0) is 27.7 Å². The van der Waals surface area contributed by atoms with Crippen molar-refractivity contribution in [2.24, 2.45) is 11.1 Å². The van der Waals surface area contributed by atoms with Crippen LogP contribution in [0.25, 0.3) is 0 Å². The van der Waals surface area contributed by atoms with Crippen molar-refractivity contribution in [3.8, 4) is 0 Å². The quantitative estimate of drug-likeness (QED) is 0.690. The lowest BCUT2D eigenvalue weighted by molar-refractivity contribution is -0.125. The summed E-state index contributed by atoms with van der Waals surface area (Å²) in [6, 6.07) is 0. The smallest absolute Gasteiger partial charge is 0.244 e. The maximum absolute atomic E-state index is 12.1. The van der Waals surface area contributed by atoms with Crippen LogP contribution in [0.1, 0.15) is 25.2 Å². The standard InChI is InChI=1S/C10H18N4O3S/c1-6-8(7(2)14-13-6)18(16,17)12-5-10(3,4)9(11)15/h12H,5H2,1-4H3,(H2,11,15)(H,13,14). The minimum atomic E-state index is -3.70. The number of amides is 1. The second-order valence-electron chi connectivity index (χ2n) is 4.84. The van der Waals surface area contributed by atoms with Crippen LogP contribution in [-0.2, 0) is 14.8 Å². The number of nitrogens with zero attached hydrogens (tertiary/aromatic N) is 1.